The predicted octanol–water partition coefficient (Wildman–Crippen LogP) is 2.69. The molecule has 23 heavy (non-hydrogen) atoms. The minimum atomic E-state index is -4.24. The Morgan fingerprint density at radius 1 is 1.30 bits per heavy atom. The van der Waals surface area contributed by atoms with Crippen LogP contribution in [0.3, 0.4) is 0 Å². The van der Waals surface area contributed by atoms with Gasteiger partial charge in [0.05, 0.1) is 17.4 Å². The van der Waals surface area contributed by atoms with Gasteiger partial charge in [0, 0.05) is 22.8 Å². The van der Waals surface area contributed by atoms with Crippen molar-refractivity contribution in [2.75, 3.05) is 0 Å². The van der Waals surface area contributed by atoms with Gasteiger partial charge < -0.3 is 9.72 Å². The largest absolute Gasteiger partial charge is 0.485 e. The van der Waals surface area contributed by atoms with Crippen molar-refractivity contribution in [1.82, 2.24) is 9.97 Å². The summed E-state index contributed by atoms with van der Waals surface area (Å²) in [4.78, 5) is 7.44. The molecule has 0 amide bonds. The molecule has 6 nitrogen and oxygen atoms in total. The van der Waals surface area contributed by atoms with E-state index in [-0.39, 0.29) is 6.42 Å². The first-order valence-electron chi connectivity index (χ1n) is 7.31. The van der Waals surface area contributed by atoms with E-state index in [1.807, 2.05) is 24.3 Å². The van der Waals surface area contributed by atoms with Crippen LogP contribution in [0.2, 0.25) is 0 Å². The molecule has 2 N–H and O–H groups in total. The number of hydrogen-bond acceptors (Lipinski definition) is 4. The number of fused-ring (bicyclic) bond motifs is 6. The fourth-order valence-electron chi connectivity index (χ4n) is 3.43. The van der Waals surface area contributed by atoms with Gasteiger partial charge in [-0.1, -0.05) is 24.3 Å². The Morgan fingerprint density at radius 3 is 2.70 bits per heavy atom. The summed E-state index contributed by atoms with van der Waals surface area (Å²) < 4.78 is 39.3. The van der Waals surface area contributed by atoms with Gasteiger partial charge in [0.25, 0.3) is 10.1 Å². The molecule has 0 fully saturated rings. The number of benzene rings is 2. The average molecular weight is 332 g/mol. The molecule has 2 heterocycles. The van der Waals surface area contributed by atoms with Crippen LogP contribution in [-0.4, -0.2) is 33.8 Å². The van der Waals surface area contributed by atoms with Crippen LogP contribution in [0.15, 0.2) is 30.6 Å². The van der Waals surface area contributed by atoms with Crippen molar-refractivity contribution in [2.24, 2.45) is 0 Å². The fourth-order valence-corrected chi connectivity index (χ4v) is 4.57. The van der Waals surface area contributed by atoms with Crippen molar-refractivity contribution in [3.63, 3.8) is 0 Å². The van der Waals surface area contributed by atoms with E-state index < -0.39 is 21.0 Å². The van der Waals surface area contributed by atoms with Crippen molar-refractivity contribution in [3.05, 3.63) is 36.2 Å². The summed E-state index contributed by atoms with van der Waals surface area (Å²) in [6.07, 6.45) is 1.74. The molecule has 1 aliphatic heterocycles. The summed E-state index contributed by atoms with van der Waals surface area (Å²) in [6, 6.07) is 7.76. The third kappa shape index (κ3) is 2.04. The maximum absolute atomic E-state index is 11.8. The van der Waals surface area contributed by atoms with E-state index in [0.29, 0.717) is 16.8 Å². The Hall–Kier alpha value is -2.12. The van der Waals surface area contributed by atoms with Gasteiger partial charge in [-0.05, 0) is 13.8 Å². The minimum Gasteiger partial charge on any atom is -0.485 e. The highest BCUT2D eigenvalue weighted by Crippen LogP contribution is 2.44. The highest BCUT2D eigenvalue weighted by molar-refractivity contribution is 7.86. The minimum absolute atomic E-state index is 0.160. The predicted molar refractivity (Wildman–Crippen MR) is 87.3 cm³/mol. The van der Waals surface area contributed by atoms with Crippen LogP contribution in [0, 0.1) is 0 Å². The number of nitrogens with one attached hydrogen (secondary N) is 1. The van der Waals surface area contributed by atoms with E-state index in [9.17, 15) is 13.0 Å². The number of H-pyrrole nitrogens is 1. The molecule has 1 aliphatic rings. The monoisotopic (exact) mass is 332 g/mol. The first-order chi connectivity index (χ1) is 10.8. The quantitative estimate of drug-likeness (QED) is 0.668. The molecule has 0 aliphatic carbocycles. The number of hydrogen-bond donors (Lipinski definition) is 2. The van der Waals surface area contributed by atoms with Crippen LogP contribution < -0.4 is 4.74 Å². The second-order valence-corrected chi connectivity index (χ2v) is 7.99. The maximum atomic E-state index is 11.8. The van der Waals surface area contributed by atoms with E-state index in [0.717, 1.165) is 16.3 Å². The van der Waals surface area contributed by atoms with Crippen LogP contribution in [0.25, 0.3) is 21.8 Å². The van der Waals surface area contributed by atoms with Gasteiger partial charge in [-0.2, -0.15) is 8.42 Å². The lowest BCUT2D eigenvalue weighted by Crippen LogP contribution is -2.50. The molecular weight excluding hydrogens is 316 g/mol. The zero-order valence-electron chi connectivity index (χ0n) is 12.7. The van der Waals surface area contributed by atoms with E-state index in [2.05, 4.69) is 9.97 Å². The summed E-state index contributed by atoms with van der Waals surface area (Å²) in [5.74, 6) is 0.644. The smallest absolute Gasteiger partial charge is 0.272 e. The second-order valence-electron chi connectivity index (χ2n) is 6.39. The Balaban J connectivity index is 2.10. The Morgan fingerprint density at radius 2 is 2.00 bits per heavy atom. The molecule has 120 valence electrons. The van der Waals surface area contributed by atoms with Crippen LogP contribution >= 0.6 is 0 Å². The van der Waals surface area contributed by atoms with Crippen molar-refractivity contribution in [1.29, 1.82) is 0 Å². The van der Waals surface area contributed by atoms with Gasteiger partial charge >= 0.3 is 0 Å². The van der Waals surface area contributed by atoms with Crippen molar-refractivity contribution in [3.8, 4) is 5.75 Å². The van der Waals surface area contributed by atoms with Gasteiger partial charge in [0.2, 0.25) is 0 Å². The Kier molecular flexibility index (Phi) is 2.80. The molecule has 0 bridgehead atoms. The first kappa shape index (κ1) is 14.5. The highest BCUT2D eigenvalue weighted by atomic mass is 32.2. The molecule has 1 unspecified atom stereocenters. The normalized spacial score (nSPS) is 20.4. The van der Waals surface area contributed by atoms with E-state index >= 15 is 0 Å². The lowest BCUT2D eigenvalue weighted by Gasteiger charge is -2.38. The SMILES string of the molecule is CC1(C)Oc2c(c3nc[nH]c3c3ccccc23)CC1S(=O)(=O)O. The summed E-state index contributed by atoms with van der Waals surface area (Å²) >= 11 is 0. The molecule has 2 aromatic carbocycles. The average Bonchev–Trinajstić information content (AvgIpc) is 2.94. The number of rotatable bonds is 1. The van der Waals surface area contributed by atoms with Gasteiger partial charge in [0.1, 0.15) is 16.6 Å². The van der Waals surface area contributed by atoms with Gasteiger partial charge in [-0.3, -0.25) is 4.55 Å². The molecule has 0 spiro atoms. The summed E-state index contributed by atoms with van der Waals surface area (Å²) in [5, 5.41) is 0.838. The van der Waals surface area contributed by atoms with E-state index in [4.69, 9.17) is 4.74 Å². The van der Waals surface area contributed by atoms with Crippen molar-refractivity contribution in [2.45, 2.75) is 31.1 Å². The van der Waals surface area contributed by atoms with Gasteiger partial charge in [-0.15, -0.1) is 0 Å². The third-order valence-corrected chi connectivity index (χ3v) is 5.98. The fraction of sp³-hybridized carbons (Fsp3) is 0.312. The lowest BCUT2D eigenvalue weighted by molar-refractivity contribution is 0.0879. The third-order valence-electron chi connectivity index (χ3n) is 4.53. The second kappa shape index (κ2) is 4.46. The number of ether oxygens (including phenoxy) is 1. The summed E-state index contributed by atoms with van der Waals surface area (Å²) in [7, 11) is -4.24. The van der Waals surface area contributed by atoms with Crippen molar-refractivity contribution >= 4 is 31.9 Å². The highest BCUT2D eigenvalue weighted by Gasteiger charge is 2.46. The topological polar surface area (TPSA) is 92.3 Å². The molecular formula is C16H16N2O4S. The number of aromatic nitrogens is 2. The van der Waals surface area contributed by atoms with Crippen LogP contribution in [0.5, 0.6) is 5.75 Å². The molecule has 0 saturated carbocycles. The van der Waals surface area contributed by atoms with Crippen LogP contribution in [0.4, 0.5) is 0 Å². The number of nitrogens with zero attached hydrogens (tertiary/aromatic N) is 1. The molecule has 0 radical (unpaired) electrons. The first-order valence-corrected chi connectivity index (χ1v) is 8.81. The van der Waals surface area contributed by atoms with Crippen LogP contribution in [-0.2, 0) is 16.5 Å². The summed E-state index contributed by atoms with van der Waals surface area (Å²) in [6.45, 7) is 3.36. The summed E-state index contributed by atoms with van der Waals surface area (Å²) in [5.41, 5.74) is 1.20. The zero-order valence-corrected chi connectivity index (χ0v) is 13.5. The van der Waals surface area contributed by atoms with Crippen molar-refractivity contribution < 1.29 is 17.7 Å². The molecule has 0 saturated heterocycles. The van der Waals surface area contributed by atoms with Gasteiger partial charge in [0.15, 0.2) is 0 Å². The van der Waals surface area contributed by atoms with E-state index in [1.165, 1.54) is 0 Å². The number of imidazole rings is 1. The lowest BCUT2D eigenvalue weighted by atomic mass is 9.90. The van der Waals surface area contributed by atoms with Crippen LogP contribution in [0.1, 0.15) is 19.4 Å². The molecule has 1 aromatic heterocycles. The molecule has 3 aromatic rings. The Labute approximate surface area is 133 Å². The molecule has 7 heteroatoms. The zero-order chi connectivity index (χ0) is 16.4. The molecule has 4 rings (SSSR count). The van der Waals surface area contributed by atoms with E-state index in [1.54, 1.807) is 20.2 Å². The maximum Gasteiger partial charge on any atom is 0.272 e. The Bertz CT molecular complexity index is 1040. The van der Waals surface area contributed by atoms with Gasteiger partial charge in [-0.25, -0.2) is 4.98 Å². The standard InChI is InChI=1S/C16H16N2O4S/c1-16(2)12(23(19,20)21)7-11-14-13(17-8-18-14)9-5-3-4-6-10(9)15(11)22-16/h3-6,8,12H,7H2,1-2H3,(H,17,18)(H,19,20,21). The number of aromatic amines is 1. The molecule has 1 atom stereocenters.